The molecule has 2 aromatic rings. The second-order valence-electron chi connectivity index (χ2n) is 4.60. The Morgan fingerprint density at radius 1 is 1.24 bits per heavy atom. The van der Waals surface area contributed by atoms with E-state index in [0.29, 0.717) is 27.6 Å². The van der Waals surface area contributed by atoms with E-state index in [1.54, 1.807) is 38.3 Å². The molecule has 5 heteroatoms. The fourth-order valence-corrected chi connectivity index (χ4v) is 2.13. The molecule has 0 saturated carbocycles. The molecule has 0 aliphatic rings. The van der Waals surface area contributed by atoms with Crippen LogP contribution in [-0.4, -0.2) is 12.2 Å². The average molecular weight is 311 g/mol. The summed E-state index contributed by atoms with van der Waals surface area (Å²) in [6, 6.07) is 9.32. The van der Waals surface area contributed by atoms with Crippen LogP contribution < -0.4 is 9.47 Å². The zero-order valence-electron chi connectivity index (χ0n) is 11.8. The molecule has 21 heavy (non-hydrogen) atoms. The number of aliphatic hydroxyl groups excluding tert-OH is 1. The predicted molar refractivity (Wildman–Crippen MR) is 79.4 cm³/mol. The Hall–Kier alpha value is -1.78. The molecule has 2 aromatic carbocycles. The van der Waals surface area contributed by atoms with Gasteiger partial charge in [-0.25, -0.2) is 4.39 Å². The summed E-state index contributed by atoms with van der Waals surface area (Å²) >= 11 is 5.96. The maximum Gasteiger partial charge on any atom is 0.129 e. The fraction of sp³-hybridized carbons (Fsp3) is 0.250. The van der Waals surface area contributed by atoms with E-state index < -0.39 is 11.9 Å². The molecular formula is C16H16ClFO3. The van der Waals surface area contributed by atoms with Crippen molar-refractivity contribution in [3.8, 4) is 11.5 Å². The van der Waals surface area contributed by atoms with Gasteiger partial charge in [0.2, 0.25) is 0 Å². The number of benzene rings is 2. The lowest BCUT2D eigenvalue weighted by atomic mass is 10.1. The Bertz CT molecular complexity index is 629. The van der Waals surface area contributed by atoms with Crippen molar-refractivity contribution in [3.05, 3.63) is 58.4 Å². The second-order valence-corrected chi connectivity index (χ2v) is 5.01. The smallest absolute Gasteiger partial charge is 0.129 e. The lowest BCUT2D eigenvalue weighted by molar-refractivity contribution is 0.190. The van der Waals surface area contributed by atoms with Crippen molar-refractivity contribution in [1.82, 2.24) is 0 Å². The first-order valence-corrected chi connectivity index (χ1v) is 6.81. The van der Waals surface area contributed by atoms with Gasteiger partial charge in [-0.3, -0.25) is 0 Å². The van der Waals surface area contributed by atoms with E-state index in [1.165, 1.54) is 12.1 Å². The summed E-state index contributed by atoms with van der Waals surface area (Å²) in [5.41, 5.74) is 1.31. The molecule has 0 aromatic heterocycles. The Labute approximate surface area is 127 Å². The summed E-state index contributed by atoms with van der Waals surface area (Å²) in [4.78, 5) is 0. The lowest BCUT2D eigenvalue weighted by Crippen LogP contribution is -2.02. The van der Waals surface area contributed by atoms with Crippen LogP contribution in [0.5, 0.6) is 11.5 Å². The van der Waals surface area contributed by atoms with Crippen LogP contribution in [0.2, 0.25) is 5.02 Å². The van der Waals surface area contributed by atoms with Crippen molar-refractivity contribution in [2.24, 2.45) is 0 Å². The summed E-state index contributed by atoms with van der Waals surface area (Å²) < 4.78 is 23.8. The van der Waals surface area contributed by atoms with E-state index >= 15 is 0 Å². The third kappa shape index (κ3) is 3.86. The van der Waals surface area contributed by atoms with Gasteiger partial charge in [0.15, 0.2) is 0 Å². The van der Waals surface area contributed by atoms with Crippen molar-refractivity contribution >= 4 is 11.6 Å². The third-order valence-electron chi connectivity index (χ3n) is 3.07. The van der Waals surface area contributed by atoms with Crippen molar-refractivity contribution in [3.63, 3.8) is 0 Å². The molecule has 0 radical (unpaired) electrons. The van der Waals surface area contributed by atoms with Crippen LogP contribution in [-0.2, 0) is 6.61 Å². The maximum atomic E-state index is 13.0. The van der Waals surface area contributed by atoms with Crippen molar-refractivity contribution in [1.29, 1.82) is 0 Å². The van der Waals surface area contributed by atoms with Crippen LogP contribution in [0.25, 0.3) is 0 Å². The molecule has 0 aliphatic heterocycles. The summed E-state index contributed by atoms with van der Waals surface area (Å²) in [6.45, 7) is 1.82. The van der Waals surface area contributed by atoms with Crippen molar-refractivity contribution in [2.75, 3.05) is 7.11 Å². The minimum atomic E-state index is -0.672. The molecular weight excluding hydrogens is 295 g/mol. The summed E-state index contributed by atoms with van der Waals surface area (Å²) in [6.07, 6.45) is -0.672. The minimum absolute atomic E-state index is 0.173. The van der Waals surface area contributed by atoms with Crippen LogP contribution in [0.15, 0.2) is 36.4 Å². The zero-order valence-corrected chi connectivity index (χ0v) is 12.5. The monoisotopic (exact) mass is 310 g/mol. The number of halogens is 2. The van der Waals surface area contributed by atoms with Gasteiger partial charge >= 0.3 is 0 Å². The minimum Gasteiger partial charge on any atom is -0.497 e. The van der Waals surface area contributed by atoms with Gasteiger partial charge in [0.05, 0.1) is 18.2 Å². The first kappa shape index (κ1) is 15.6. The third-order valence-corrected chi connectivity index (χ3v) is 3.42. The molecule has 3 nitrogen and oxygen atoms in total. The van der Waals surface area contributed by atoms with Gasteiger partial charge in [-0.15, -0.1) is 0 Å². The van der Waals surface area contributed by atoms with Gasteiger partial charge in [-0.05, 0) is 31.2 Å². The van der Waals surface area contributed by atoms with Crippen LogP contribution in [0, 0.1) is 5.82 Å². The second kappa shape index (κ2) is 6.78. The summed E-state index contributed by atoms with van der Waals surface area (Å²) in [5, 5.41) is 10.1. The first-order chi connectivity index (χ1) is 10.0. The predicted octanol–water partition coefficient (Wildman–Crippen LogP) is 4.12. The normalized spacial score (nSPS) is 12.0. The molecule has 0 heterocycles. The highest BCUT2D eigenvalue weighted by atomic mass is 35.5. The molecule has 0 bridgehead atoms. The van der Waals surface area contributed by atoms with Crippen LogP contribution in [0.3, 0.4) is 0 Å². The van der Waals surface area contributed by atoms with E-state index in [-0.39, 0.29) is 6.61 Å². The standard InChI is InChI=1S/C16H16ClFO3/c1-10(19)14-6-5-13(20-2)8-16(14)21-9-11-3-4-12(18)7-15(11)17/h3-8,10,19H,9H2,1-2H3/t10-/m1/s1. The van der Waals surface area contributed by atoms with Gasteiger partial charge in [0, 0.05) is 17.2 Å². The van der Waals surface area contributed by atoms with E-state index in [0.717, 1.165) is 0 Å². The van der Waals surface area contributed by atoms with Gasteiger partial charge in [0.1, 0.15) is 23.9 Å². The Balaban J connectivity index is 2.22. The quantitative estimate of drug-likeness (QED) is 0.903. The van der Waals surface area contributed by atoms with Gasteiger partial charge < -0.3 is 14.6 Å². The molecule has 0 spiro atoms. The molecule has 0 amide bonds. The zero-order chi connectivity index (χ0) is 15.4. The molecule has 1 N–H and O–H groups in total. The number of methoxy groups -OCH3 is 1. The number of hydrogen-bond acceptors (Lipinski definition) is 3. The van der Waals surface area contributed by atoms with Crippen LogP contribution in [0.1, 0.15) is 24.2 Å². The summed E-state index contributed by atoms with van der Waals surface area (Å²) in [7, 11) is 1.55. The van der Waals surface area contributed by atoms with E-state index in [9.17, 15) is 9.50 Å². The number of rotatable bonds is 5. The number of ether oxygens (including phenoxy) is 2. The summed E-state index contributed by atoms with van der Waals surface area (Å²) in [5.74, 6) is 0.735. The largest absolute Gasteiger partial charge is 0.497 e. The van der Waals surface area contributed by atoms with Gasteiger partial charge in [0.25, 0.3) is 0 Å². The molecule has 0 fully saturated rings. The molecule has 1 atom stereocenters. The molecule has 0 aliphatic carbocycles. The fourth-order valence-electron chi connectivity index (χ4n) is 1.91. The lowest BCUT2D eigenvalue weighted by Gasteiger charge is -2.15. The Morgan fingerprint density at radius 3 is 2.62 bits per heavy atom. The maximum absolute atomic E-state index is 13.0. The first-order valence-electron chi connectivity index (χ1n) is 6.44. The van der Waals surface area contributed by atoms with Crippen LogP contribution in [0.4, 0.5) is 4.39 Å². The highest BCUT2D eigenvalue weighted by Crippen LogP contribution is 2.30. The van der Waals surface area contributed by atoms with Gasteiger partial charge in [-0.1, -0.05) is 17.7 Å². The number of hydrogen-bond donors (Lipinski definition) is 1. The van der Waals surface area contributed by atoms with E-state index in [1.807, 2.05) is 0 Å². The van der Waals surface area contributed by atoms with E-state index in [4.69, 9.17) is 21.1 Å². The van der Waals surface area contributed by atoms with Crippen molar-refractivity contribution in [2.45, 2.75) is 19.6 Å². The Morgan fingerprint density at radius 2 is 2.00 bits per heavy atom. The molecule has 112 valence electrons. The molecule has 2 rings (SSSR count). The molecule has 0 unspecified atom stereocenters. The number of aliphatic hydroxyl groups is 1. The molecule has 0 saturated heterocycles. The average Bonchev–Trinajstić information content (AvgIpc) is 2.45. The van der Waals surface area contributed by atoms with Crippen LogP contribution >= 0.6 is 11.6 Å². The topological polar surface area (TPSA) is 38.7 Å². The highest BCUT2D eigenvalue weighted by Gasteiger charge is 2.12. The Kier molecular flexibility index (Phi) is 5.04. The van der Waals surface area contributed by atoms with E-state index in [2.05, 4.69) is 0 Å². The SMILES string of the molecule is COc1ccc([C@@H](C)O)c(OCc2ccc(F)cc2Cl)c1. The van der Waals surface area contributed by atoms with Gasteiger partial charge in [-0.2, -0.15) is 0 Å². The highest BCUT2D eigenvalue weighted by molar-refractivity contribution is 6.31. The van der Waals surface area contributed by atoms with Crippen molar-refractivity contribution < 1.29 is 19.0 Å².